The van der Waals surface area contributed by atoms with Crippen LogP contribution in [0.2, 0.25) is 0 Å². The van der Waals surface area contributed by atoms with E-state index in [1.165, 1.54) is 32.1 Å². The third-order valence-corrected chi connectivity index (χ3v) is 4.82. The van der Waals surface area contributed by atoms with E-state index in [0.29, 0.717) is 18.5 Å². The minimum Gasteiger partial charge on any atom is -0.211 e. The average Bonchev–Trinajstić information content (AvgIpc) is 2.93. The van der Waals surface area contributed by atoms with Crippen molar-refractivity contribution in [3.8, 4) is 0 Å². The van der Waals surface area contributed by atoms with Gasteiger partial charge in [0.15, 0.2) is 0 Å². The SMILES string of the molecule is O=C=NCCCC12CCC(C1)C(CCN=C=O)C2. The fourth-order valence-corrected chi connectivity index (χ4v) is 4.08. The fraction of sp³-hybridized carbons (Fsp3) is 0.857. The number of aliphatic imine (C=N–C) groups is 2. The van der Waals surface area contributed by atoms with Gasteiger partial charge in [0.2, 0.25) is 12.2 Å². The van der Waals surface area contributed by atoms with E-state index in [4.69, 9.17) is 0 Å². The second kappa shape index (κ2) is 6.08. The van der Waals surface area contributed by atoms with Crippen LogP contribution in [0.15, 0.2) is 9.98 Å². The van der Waals surface area contributed by atoms with E-state index in [2.05, 4.69) is 9.98 Å². The van der Waals surface area contributed by atoms with Gasteiger partial charge in [0.1, 0.15) is 0 Å². The maximum atomic E-state index is 10.1. The number of carbonyl (C=O) groups excluding carboxylic acids is 2. The Balaban J connectivity index is 1.80. The van der Waals surface area contributed by atoms with Crippen LogP contribution < -0.4 is 0 Å². The van der Waals surface area contributed by atoms with E-state index >= 15 is 0 Å². The van der Waals surface area contributed by atoms with E-state index in [9.17, 15) is 9.59 Å². The van der Waals surface area contributed by atoms with Crippen LogP contribution >= 0.6 is 0 Å². The monoisotopic (exact) mass is 248 g/mol. The molecule has 2 rings (SSSR count). The highest BCUT2D eigenvalue weighted by molar-refractivity contribution is 5.33. The van der Waals surface area contributed by atoms with E-state index in [1.807, 2.05) is 0 Å². The van der Waals surface area contributed by atoms with Gasteiger partial charge < -0.3 is 0 Å². The van der Waals surface area contributed by atoms with Gasteiger partial charge in [-0.3, -0.25) is 0 Å². The first-order valence-electron chi connectivity index (χ1n) is 6.87. The number of rotatable bonds is 7. The van der Waals surface area contributed by atoms with Gasteiger partial charge in [0.05, 0.1) is 13.1 Å². The smallest absolute Gasteiger partial charge is 0.211 e. The van der Waals surface area contributed by atoms with Crippen LogP contribution in [-0.2, 0) is 9.59 Å². The summed E-state index contributed by atoms with van der Waals surface area (Å²) in [4.78, 5) is 27.4. The summed E-state index contributed by atoms with van der Waals surface area (Å²) in [5, 5.41) is 0. The minimum atomic E-state index is 0.499. The number of isocyanates is 2. The van der Waals surface area contributed by atoms with E-state index < -0.39 is 0 Å². The molecule has 4 nitrogen and oxygen atoms in total. The average molecular weight is 248 g/mol. The lowest BCUT2D eigenvalue weighted by Crippen LogP contribution is -2.19. The van der Waals surface area contributed by atoms with Gasteiger partial charge in [0.25, 0.3) is 0 Å². The highest BCUT2D eigenvalue weighted by atomic mass is 16.1. The van der Waals surface area contributed by atoms with Crippen molar-refractivity contribution in [2.75, 3.05) is 13.1 Å². The van der Waals surface area contributed by atoms with Crippen molar-refractivity contribution in [3.63, 3.8) is 0 Å². The molecule has 0 spiro atoms. The zero-order chi connectivity index (χ0) is 12.8. The summed E-state index contributed by atoms with van der Waals surface area (Å²) < 4.78 is 0. The molecule has 4 heteroatoms. The van der Waals surface area contributed by atoms with Crippen LogP contribution in [0.5, 0.6) is 0 Å². The molecule has 0 aromatic rings. The molecular formula is C14H20N2O2. The summed E-state index contributed by atoms with van der Waals surface area (Å²) in [7, 11) is 0. The van der Waals surface area contributed by atoms with Crippen molar-refractivity contribution < 1.29 is 9.59 Å². The molecular weight excluding hydrogens is 228 g/mol. The molecule has 3 unspecified atom stereocenters. The van der Waals surface area contributed by atoms with Crippen molar-refractivity contribution in [2.45, 2.75) is 44.9 Å². The predicted molar refractivity (Wildman–Crippen MR) is 67.7 cm³/mol. The lowest BCUT2D eigenvalue weighted by molar-refractivity contribution is 0.220. The molecule has 3 atom stereocenters. The molecule has 2 saturated carbocycles. The second-order valence-corrected chi connectivity index (χ2v) is 5.81. The summed E-state index contributed by atoms with van der Waals surface area (Å²) in [5.74, 6) is 1.58. The van der Waals surface area contributed by atoms with Crippen molar-refractivity contribution in [2.24, 2.45) is 27.2 Å². The summed E-state index contributed by atoms with van der Waals surface area (Å²) in [6.07, 6.45) is 11.7. The molecule has 0 heterocycles. The molecule has 98 valence electrons. The highest BCUT2D eigenvalue weighted by Crippen LogP contribution is 2.59. The molecule has 0 N–H and O–H groups in total. The lowest BCUT2D eigenvalue weighted by Gasteiger charge is -2.29. The molecule has 2 fully saturated rings. The van der Waals surface area contributed by atoms with Crippen molar-refractivity contribution >= 4 is 12.2 Å². The number of hydrogen-bond donors (Lipinski definition) is 0. The van der Waals surface area contributed by atoms with Gasteiger partial charge in [0, 0.05) is 0 Å². The molecule has 0 aliphatic heterocycles. The Bertz CT molecular complexity index is 383. The minimum absolute atomic E-state index is 0.499. The summed E-state index contributed by atoms with van der Waals surface area (Å²) in [6, 6.07) is 0. The molecule has 2 aliphatic rings. The first-order valence-corrected chi connectivity index (χ1v) is 6.87. The standard InChI is InChI=1S/C14H20N2O2/c17-10-15-6-1-4-14-5-2-12(8-14)13(9-14)3-7-16-11-18/h12-13H,1-9H2. The van der Waals surface area contributed by atoms with Crippen LogP contribution in [-0.4, -0.2) is 25.2 Å². The third-order valence-electron chi connectivity index (χ3n) is 4.82. The van der Waals surface area contributed by atoms with Crippen molar-refractivity contribution in [1.29, 1.82) is 0 Å². The Morgan fingerprint density at radius 3 is 2.67 bits per heavy atom. The van der Waals surface area contributed by atoms with Crippen LogP contribution in [0.3, 0.4) is 0 Å². The zero-order valence-electron chi connectivity index (χ0n) is 10.7. The van der Waals surface area contributed by atoms with E-state index in [0.717, 1.165) is 24.7 Å². The fourth-order valence-electron chi connectivity index (χ4n) is 4.08. The van der Waals surface area contributed by atoms with Gasteiger partial charge >= 0.3 is 0 Å². The molecule has 0 aromatic carbocycles. The molecule has 18 heavy (non-hydrogen) atoms. The van der Waals surface area contributed by atoms with E-state index in [1.54, 1.807) is 12.2 Å². The molecule has 0 aromatic heterocycles. The largest absolute Gasteiger partial charge is 0.234 e. The first-order chi connectivity index (χ1) is 8.79. The van der Waals surface area contributed by atoms with Gasteiger partial charge in [-0.1, -0.05) is 0 Å². The molecule has 2 aliphatic carbocycles. The van der Waals surface area contributed by atoms with Crippen molar-refractivity contribution in [1.82, 2.24) is 0 Å². The zero-order valence-corrected chi connectivity index (χ0v) is 10.7. The molecule has 0 radical (unpaired) electrons. The van der Waals surface area contributed by atoms with Gasteiger partial charge in [-0.05, 0) is 62.2 Å². The molecule has 0 saturated heterocycles. The number of hydrogen-bond acceptors (Lipinski definition) is 4. The lowest BCUT2D eigenvalue weighted by atomic mass is 9.76. The van der Waals surface area contributed by atoms with Gasteiger partial charge in [-0.15, -0.1) is 0 Å². The van der Waals surface area contributed by atoms with Gasteiger partial charge in [-0.25, -0.2) is 19.6 Å². The summed E-state index contributed by atoms with van der Waals surface area (Å²) >= 11 is 0. The van der Waals surface area contributed by atoms with Crippen LogP contribution in [0.25, 0.3) is 0 Å². The highest BCUT2D eigenvalue weighted by Gasteiger charge is 2.49. The Morgan fingerprint density at radius 2 is 1.89 bits per heavy atom. The Kier molecular flexibility index (Phi) is 4.46. The number of nitrogens with zero attached hydrogens (tertiary/aromatic N) is 2. The Morgan fingerprint density at radius 1 is 1.11 bits per heavy atom. The number of fused-ring (bicyclic) bond motifs is 2. The quantitative estimate of drug-likeness (QED) is 0.395. The van der Waals surface area contributed by atoms with Crippen molar-refractivity contribution in [3.05, 3.63) is 0 Å². The van der Waals surface area contributed by atoms with Crippen LogP contribution in [0.1, 0.15) is 44.9 Å². The summed E-state index contributed by atoms with van der Waals surface area (Å²) in [6.45, 7) is 1.26. The second-order valence-electron chi connectivity index (χ2n) is 5.81. The first kappa shape index (κ1) is 13.2. The maximum Gasteiger partial charge on any atom is 0.234 e. The normalized spacial score (nSPS) is 32.9. The van der Waals surface area contributed by atoms with E-state index in [-0.39, 0.29) is 0 Å². The topological polar surface area (TPSA) is 58.9 Å². The van der Waals surface area contributed by atoms with Crippen LogP contribution in [0, 0.1) is 17.3 Å². The molecule has 2 bridgehead atoms. The van der Waals surface area contributed by atoms with Crippen LogP contribution in [0.4, 0.5) is 0 Å². The Labute approximate surface area is 108 Å². The van der Waals surface area contributed by atoms with Gasteiger partial charge in [-0.2, -0.15) is 0 Å². The predicted octanol–water partition coefficient (Wildman–Crippen LogP) is 2.63. The third kappa shape index (κ3) is 2.95. The Hall–Kier alpha value is -1.24. The summed E-state index contributed by atoms with van der Waals surface area (Å²) in [5.41, 5.74) is 0.499. The molecule has 0 amide bonds. The maximum absolute atomic E-state index is 10.1.